The molecule has 5 rings (SSSR count). The number of fused-ring (bicyclic) bond motifs is 1. The van der Waals surface area contributed by atoms with Crippen molar-refractivity contribution in [2.24, 2.45) is 0 Å². The first kappa shape index (κ1) is 23.4. The van der Waals surface area contributed by atoms with Crippen LogP contribution in [0.4, 0.5) is 14.5 Å². The maximum Gasteiger partial charge on any atom is 0.294 e. The summed E-state index contributed by atoms with van der Waals surface area (Å²) >= 11 is 6.10. The van der Waals surface area contributed by atoms with Gasteiger partial charge in [0.1, 0.15) is 17.4 Å². The minimum atomic E-state index is -1.41. The summed E-state index contributed by atoms with van der Waals surface area (Å²) in [6, 6.07) is 11.0. The number of hydrogen-bond acceptors (Lipinski definition) is 6. The number of amides is 1. The number of carbonyl (C=O) groups excluding carboxylic acids is 2. The number of Topliss-reactive ketones (excluding diaryl/α,β-unsaturated/α-hetero) is 1. The number of rotatable bonds is 5. The fraction of sp³-hybridized carbons (Fsp3) is 0.0769. The zero-order valence-corrected chi connectivity index (χ0v) is 19.2. The van der Waals surface area contributed by atoms with Gasteiger partial charge in [-0.25, -0.2) is 8.78 Å². The van der Waals surface area contributed by atoms with Crippen molar-refractivity contribution in [3.63, 3.8) is 0 Å². The predicted molar refractivity (Wildman–Crippen MR) is 126 cm³/mol. The van der Waals surface area contributed by atoms with Crippen molar-refractivity contribution in [1.82, 2.24) is 0 Å². The summed E-state index contributed by atoms with van der Waals surface area (Å²) in [7, 11) is 1.39. The van der Waals surface area contributed by atoms with Crippen molar-refractivity contribution in [3.8, 4) is 11.5 Å². The summed E-state index contributed by atoms with van der Waals surface area (Å²) in [6.07, 6.45) is 0. The van der Waals surface area contributed by atoms with Crippen LogP contribution in [-0.2, 0) is 4.79 Å². The number of halogens is 3. The number of methoxy groups -OCH3 is 1. The number of benzene rings is 3. The fourth-order valence-electron chi connectivity index (χ4n) is 4.25. The lowest BCUT2D eigenvalue weighted by molar-refractivity contribution is -0.117. The lowest BCUT2D eigenvalue weighted by Gasteiger charge is -2.27. The molecule has 182 valence electrons. The number of phenols is 1. The first-order valence-corrected chi connectivity index (χ1v) is 10.9. The second kappa shape index (κ2) is 8.69. The molecule has 4 aromatic rings. The van der Waals surface area contributed by atoms with Crippen molar-refractivity contribution in [2.45, 2.75) is 6.04 Å². The topological polar surface area (TPSA) is 100 Å². The third kappa shape index (κ3) is 3.74. The summed E-state index contributed by atoms with van der Waals surface area (Å²) in [5.74, 6) is -5.00. The van der Waals surface area contributed by atoms with E-state index in [2.05, 4.69) is 0 Å². The second-order valence-electron chi connectivity index (χ2n) is 8.00. The molecule has 3 aromatic carbocycles. The van der Waals surface area contributed by atoms with Gasteiger partial charge >= 0.3 is 0 Å². The molecule has 1 aliphatic heterocycles. The van der Waals surface area contributed by atoms with Gasteiger partial charge in [0, 0.05) is 22.5 Å². The van der Waals surface area contributed by atoms with E-state index >= 15 is 0 Å². The van der Waals surface area contributed by atoms with E-state index < -0.39 is 46.4 Å². The van der Waals surface area contributed by atoms with Gasteiger partial charge in [-0.1, -0.05) is 23.7 Å². The number of phenolic OH excluding ortho intramolecular Hbond substituents is 1. The van der Waals surface area contributed by atoms with Crippen LogP contribution in [0.1, 0.15) is 22.2 Å². The Labute approximate surface area is 207 Å². The Hall–Kier alpha value is -4.37. The molecule has 2 heterocycles. The number of hydrogen-bond donors (Lipinski definition) is 2. The minimum absolute atomic E-state index is 0.163. The summed E-state index contributed by atoms with van der Waals surface area (Å²) in [5.41, 5.74) is -0.577. The molecule has 0 fully saturated rings. The van der Waals surface area contributed by atoms with Crippen LogP contribution < -0.4 is 9.64 Å². The summed E-state index contributed by atoms with van der Waals surface area (Å²) < 4.78 is 39.8. The molecular weight excluding hydrogens is 496 g/mol. The number of nitrogens with zero attached hydrogens (tertiary/aromatic N) is 1. The van der Waals surface area contributed by atoms with Crippen LogP contribution >= 0.6 is 11.6 Å². The molecular formula is C26H16ClF2NO6. The van der Waals surface area contributed by atoms with Crippen molar-refractivity contribution < 1.29 is 37.7 Å². The van der Waals surface area contributed by atoms with Crippen LogP contribution in [0.2, 0.25) is 5.02 Å². The molecule has 7 nitrogen and oxygen atoms in total. The van der Waals surface area contributed by atoms with E-state index in [1.54, 1.807) is 0 Å². The SMILES string of the molecule is COc1cc(Cl)cc2cc(C(=O)C3=C(O)C(=O)N(c4cc(F)ccc4F)C3c3cccc(O)c3)oc12. The van der Waals surface area contributed by atoms with E-state index in [0.29, 0.717) is 10.4 Å². The highest BCUT2D eigenvalue weighted by Crippen LogP contribution is 2.44. The van der Waals surface area contributed by atoms with E-state index in [4.69, 9.17) is 20.8 Å². The van der Waals surface area contributed by atoms with Crippen molar-refractivity contribution >= 4 is 39.9 Å². The smallest absolute Gasteiger partial charge is 0.294 e. The number of ketones is 1. The van der Waals surface area contributed by atoms with Gasteiger partial charge in [0.05, 0.1) is 24.4 Å². The molecule has 1 aliphatic rings. The van der Waals surface area contributed by atoms with Crippen LogP contribution in [0, 0.1) is 11.6 Å². The van der Waals surface area contributed by atoms with Crippen LogP contribution in [0.15, 0.2) is 76.4 Å². The molecule has 36 heavy (non-hydrogen) atoms. The van der Waals surface area contributed by atoms with Gasteiger partial charge in [-0.05, 0) is 42.0 Å². The van der Waals surface area contributed by atoms with Crippen molar-refractivity contribution in [2.75, 3.05) is 12.0 Å². The van der Waals surface area contributed by atoms with Crippen LogP contribution in [-0.4, -0.2) is 29.0 Å². The summed E-state index contributed by atoms with van der Waals surface area (Å²) in [5, 5.41) is 21.6. The number of ether oxygens (including phenoxy) is 1. The standard InChI is InChI=1S/C26H16ClF2NO6/c1-35-20-10-14(27)7-13-9-19(36-25(13)20)23(32)21-22(12-3-2-4-16(31)8-12)30(26(34)24(21)33)18-11-15(28)5-6-17(18)29/h2-11,22,31,33H,1H3. The maximum atomic E-state index is 14.8. The second-order valence-corrected chi connectivity index (χ2v) is 8.43. The first-order valence-electron chi connectivity index (χ1n) is 10.5. The van der Waals surface area contributed by atoms with Crippen LogP contribution in [0.25, 0.3) is 11.0 Å². The molecule has 0 aliphatic carbocycles. The number of furan rings is 1. The average molecular weight is 512 g/mol. The van der Waals surface area contributed by atoms with Crippen LogP contribution in [0.5, 0.6) is 11.5 Å². The Balaban J connectivity index is 1.70. The molecule has 0 spiro atoms. The minimum Gasteiger partial charge on any atom is -0.508 e. The zero-order chi connectivity index (χ0) is 25.7. The Bertz CT molecular complexity index is 1590. The highest BCUT2D eigenvalue weighted by molar-refractivity contribution is 6.31. The lowest BCUT2D eigenvalue weighted by atomic mass is 9.94. The van der Waals surface area contributed by atoms with Crippen molar-refractivity contribution in [3.05, 3.63) is 100.0 Å². The zero-order valence-electron chi connectivity index (χ0n) is 18.5. The van der Waals surface area contributed by atoms with Gasteiger partial charge < -0.3 is 19.4 Å². The molecule has 0 saturated carbocycles. The molecule has 2 N–H and O–H groups in total. The van der Waals surface area contributed by atoms with Gasteiger partial charge in [0.15, 0.2) is 22.9 Å². The third-order valence-corrected chi connectivity index (χ3v) is 6.02. The Morgan fingerprint density at radius 2 is 1.86 bits per heavy atom. The quantitative estimate of drug-likeness (QED) is 0.325. The van der Waals surface area contributed by atoms with Gasteiger partial charge in [-0.15, -0.1) is 0 Å². The molecule has 10 heteroatoms. The monoisotopic (exact) mass is 511 g/mol. The van der Waals surface area contributed by atoms with E-state index in [1.807, 2.05) is 0 Å². The highest BCUT2D eigenvalue weighted by atomic mass is 35.5. The Morgan fingerprint density at radius 3 is 2.58 bits per heavy atom. The van der Waals surface area contributed by atoms with E-state index in [9.17, 15) is 28.6 Å². The predicted octanol–water partition coefficient (Wildman–Crippen LogP) is 5.86. The largest absolute Gasteiger partial charge is 0.508 e. The number of aliphatic hydroxyl groups excluding tert-OH is 1. The average Bonchev–Trinajstić information content (AvgIpc) is 3.38. The maximum absolute atomic E-state index is 14.8. The third-order valence-electron chi connectivity index (χ3n) is 5.80. The molecule has 1 unspecified atom stereocenters. The van der Waals surface area contributed by atoms with Crippen molar-refractivity contribution in [1.29, 1.82) is 0 Å². The fourth-order valence-corrected chi connectivity index (χ4v) is 4.47. The normalized spacial score (nSPS) is 15.7. The van der Waals surface area contributed by atoms with Gasteiger partial charge in [0.2, 0.25) is 5.78 Å². The summed E-state index contributed by atoms with van der Waals surface area (Å²) in [6.45, 7) is 0. The van der Waals surface area contributed by atoms with E-state index in [0.717, 1.165) is 23.1 Å². The number of aromatic hydroxyl groups is 1. The number of anilines is 1. The number of carbonyl (C=O) groups is 2. The lowest BCUT2D eigenvalue weighted by Crippen LogP contribution is -2.32. The molecule has 1 aromatic heterocycles. The van der Waals surface area contributed by atoms with E-state index in [1.165, 1.54) is 49.6 Å². The van der Waals surface area contributed by atoms with Gasteiger partial charge in [-0.3, -0.25) is 14.5 Å². The highest BCUT2D eigenvalue weighted by Gasteiger charge is 2.46. The Kier molecular flexibility index (Phi) is 5.64. The van der Waals surface area contributed by atoms with Crippen LogP contribution in [0.3, 0.4) is 0 Å². The van der Waals surface area contributed by atoms with Gasteiger partial charge in [0.25, 0.3) is 5.91 Å². The molecule has 0 bridgehead atoms. The Morgan fingerprint density at radius 1 is 1.08 bits per heavy atom. The molecule has 0 radical (unpaired) electrons. The number of aliphatic hydroxyl groups is 1. The first-order chi connectivity index (χ1) is 17.2. The molecule has 1 amide bonds. The van der Waals surface area contributed by atoms with Gasteiger partial charge in [-0.2, -0.15) is 0 Å². The summed E-state index contributed by atoms with van der Waals surface area (Å²) in [4.78, 5) is 27.6. The van der Waals surface area contributed by atoms with E-state index in [-0.39, 0.29) is 28.4 Å². The molecule has 1 atom stereocenters. The molecule has 0 saturated heterocycles.